The van der Waals surface area contributed by atoms with Crippen molar-refractivity contribution in [1.29, 1.82) is 0 Å². The van der Waals surface area contributed by atoms with Gasteiger partial charge >= 0.3 is 448 Å². The Morgan fingerprint density at radius 3 is 1.19 bits per heavy atom. The summed E-state index contributed by atoms with van der Waals surface area (Å²) in [4.78, 5) is 0. The van der Waals surface area contributed by atoms with Crippen molar-refractivity contribution in [2.24, 2.45) is 46.3 Å². The van der Waals surface area contributed by atoms with Gasteiger partial charge in [0.1, 0.15) is 0 Å². The van der Waals surface area contributed by atoms with Gasteiger partial charge in [-0.15, -0.1) is 0 Å². The van der Waals surface area contributed by atoms with Gasteiger partial charge in [-0.1, -0.05) is 0 Å². The zero-order chi connectivity index (χ0) is 48.4. The third-order valence-electron chi connectivity index (χ3n) is 23.2. The number of hydrogen-bond acceptors (Lipinski definition) is 0. The molecule has 3 atom stereocenters. The molecule has 8 bridgehead atoms. The van der Waals surface area contributed by atoms with E-state index >= 15 is 0 Å². The van der Waals surface area contributed by atoms with Crippen LogP contribution in [0.15, 0.2) is 96.1 Å². The van der Waals surface area contributed by atoms with Gasteiger partial charge in [0.05, 0.1) is 0 Å². The molecule has 4 heteroatoms. The number of fused-ring (bicyclic) bond motifs is 2. The molecule has 0 spiro atoms. The fraction of sp³-hybridized carbons (Fsp3) is 0.588. The molecular weight excluding hydrogens is 1010 g/mol. The van der Waals surface area contributed by atoms with Gasteiger partial charge in [0.2, 0.25) is 0 Å². The monoisotopic (exact) mass is 1090 g/mol. The van der Waals surface area contributed by atoms with Crippen LogP contribution in [0.1, 0.15) is 220 Å². The Bertz CT molecular complexity index is 2510. The van der Waals surface area contributed by atoms with Crippen LogP contribution in [-0.2, 0) is 15.6 Å². The van der Waals surface area contributed by atoms with Crippen molar-refractivity contribution in [3.05, 3.63) is 129 Å². The Balaban J connectivity index is 0.935. The first-order valence-electron chi connectivity index (χ1n) is 30.5. The van der Waals surface area contributed by atoms with E-state index in [-0.39, 0.29) is 7.25 Å². The number of rotatable bonds is 13. The zero-order valence-electron chi connectivity index (χ0n) is 44.2. The van der Waals surface area contributed by atoms with Crippen LogP contribution in [0.5, 0.6) is 0 Å². The van der Waals surface area contributed by atoms with Crippen molar-refractivity contribution >= 4 is 35.1 Å². The third-order valence-corrected chi connectivity index (χ3v) is 73.6. The van der Waals surface area contributed by atoms with Crippen molar-refractivity contribution in [1.82, 2.24) is 0 Å². The molecule has 10 saturated carbocycles. The van der Waals surface area contributed by atoms with Crippen molar-refractivity contribution < 1.29 is 15.6 Å². The maximum atomic E-state index is 9.72. The number of hydrogen-bond donors (Lipinski definition) is 0. The Labute approximate surface area is 444 Å². The maximum absolute atomic E-state index is 9.72. The normalized spacial score (nSPS) is 34.6. The van der Waals surface area contributed by atoms with Gasteiger partial charge < -0.3 is 0 Å². The third kappa shape index (κ3) is 8.21. The summed E-state index contributed by atoms with van der Waals surface area (Å²) in [5.41, 5.74) is 18.8. The molecule has 0 amide bonds. The minimum atomic E-state index is -5.25. The standard InChI is InChI=1S/2C32H37.C4H11Si.2ClH.Zr/c2*1-2-5-26(6-3-1)27-9-11-28(12-10-27)30-8-4-7-29-16-25(17-31(29)30)21-32-18-22-13-23(19-32)15-24(14-22)20-32;1-3-4-5-2;;;/h2*4,7-12,16-17,22-24,26H,1-3,5-6,13-15,18-21H2;5H,3-4H2,1-2H3;2*1H;/q;;;;;+2/p-2. The van der Waals surface area contributed by atoms with E-state index in [4.69, 9.17) is 0 Å². The van der Waals surface area contributed by atoms with Crippen LogP contribution in [0.4, 0.5) is 0 Å². The average Bonchev–Trinajstić information content (AvgIpc) is 3.95. The molecule has 0 aliphatic heterocycles. The molecule has 10 fully saturated rings. The summed E-state index contributed by atoms with van der Waals surface area (Å²) in [6, 6.07) is 36.1. The van der Waals surface area contributed by atoms with Crippen LogP contribution in [0.2, 0.25) is 12.6 Å². The second kappa shape index (κ2) is 18.6. The molecule has 3 unspecified atom stereocenters. The first-order valence-corrected chi connectivity index (χ1v) is 46.4. The van der Waals surface area contributed by atoms with Gasteiger partial charge in [0.15, 0.2) is 0 Å². The van der Waals surface area contributed by atoms with Gasteiger partial charge in [-0.05, 0) is 0 Å². The second-order valence-corrected chi connectivity index (χ2v) is 69.3. The Hall–Kier alpha value is -1.96. The number of benzene rings is 4. The van der Waals surface area contributed by atoms with Crippen LogP contribution in [-0.4, -0.2) is 5.92 Å². The molecule has 16 rings (SSSR count). The van der Waals surface area contributed by atoms with Crippen molar-refractivity contribution in [3.63, 3.8) is 0 Å². The van der Waals surface area contributed by atoms with Gasteiger partial charge in [-0.3, -0.25) is 0 Å². The topological polar surface area (TPSA) is 0 Å². The summed E-state index contributed by atoms with van der Waals surface area (Å²) in [7, 11) is 19.4. The summed E-state index contributed by atoms with van der Waals surface area (Å²) in [5.74, 6) is 5.17. The fourth-order valence-electron chi connectivity index (χ4n) is 21.1. The van der Waals surface area contributed by atoms with E-state index in [0.29, 0.717) is 22.7 Å². The molecular formula is C68H85Cl2SiZr. The first-order chi connectivity index (χ1) is 35.0. The molecule has 379 valence electrons. The second-order valence-electron chi connectivity index (χ2n) is 27.9. The SMILES string of the molecule is CCC[SiH](C)[Zr]([Cl])([Cl])([CH]1C(CC23CC4CC(CC(C4)C2)C3)=Cc2c(-c3ccc(C4CCCCC4)cc3)cccc21)[CH]1C(CC23CC4CC(CC(C4)C2)C3)=Cc2c(-c3ccc(C4CCCCC4)cc3)cccc21. The van der Waals surface area contributed by atoms with E-state index in [1.165, 1.54) is 211 Å². The Kier molecular flexibility index (Phi) is 12.5. The average molecular weight is 1090 g/mol. The first kappa shape index (κ1) is 48.4. The van der Waals surface area contributed by atoms with E-state index in [0.717, 1.165) is 35.5 Å². The number of allylic oxidation sites excluding steroid dienone is 2. The van der Waals surface area contributed by atoms with Crippen LogP contribution in [0.25, 0.3) is 34.4 Å². The quantitative estimate of drug-likeness (QED) is 0.117. The zero-order valence-corrected chi connectivity index (χ0v) is 49.4. The molecule has 12 aliphatic carbocycles. The summed E-state index contributed by atoms with van der Waals surface area (Å²) in [6.45, 7) is 5.16. The predicted octanol–water partition coefficient (Wildman–Crippen LogP) is 20.7. The van der Waals surface area contributed by atoms with E-state index < -0.39 is 21.5 Å². The van der Waals surface area contributed by atoms with Crippen LogP contribution >= 0.6 is 17.0 Å². The summed E-state index contributed by atoms with van der Waals surface area (Å²) < 4.78 is 0.309. The molecule has 72 heavy (non-hydrogen) atoms. The molecule has 0 heterocycles. The summed E-state index contributed by atoms with van der Waals surface area (Å²) in [5, 5.41) is 0. The van der Waals surface area contributed by atoms with Crippen LogP contribution < -0.4 is 0 Å². The van der Waals surface area contributed by atoms with E-state index in [1.54, 1.807) is 22.3 Å². The molecule has 4 aromatic carbocycles. The molecule has 0 radical (unpaired) electrons. The van der Waals surface area contributed by atoms with Crippen molar-refractivity contribution in [2.75, 3.05) is 0 Å². The van der Waals surface area contributed by atoms with Crippen LogP contribution in [0, 0.1) is 46.3 Å². The number of halogens is 2. The predicted molar refractivity (Wildman–Crippen MR) is 307 cm³/mol. The molecule has 0 aromatic heterocycles. The Morgan fingerprint density at radius 1 is 0.486 bits per heavy atom. The van der Waals surface area contributed by atoms with Gasteiger partial charge in [0, 0.05) is 0 Å². The molecule has 0 saturated heterocycles. The van der Waals surface area contributed by atoms with Crippen LogP contribution in [0.3, 0.4) is 0 Å². The van der Waals surface area contributed by atoms with Crippen molar-refractivity contribution in [2.45, 2.75) is 199 Å². The summed E-state index contributed by atoms with van der Waals surface area (Å²) >= 11 is -5.25. The van der Waals surface area contributed by atoms with Gasteiger partial charge in [-0.25, -0.2) is 0 Å². The molecule has 0 nitrogen and oxygen atoms in total. The Morgan fingerprint density at radius 2 is 0.847 bits per heavy atom. The molecule has 0 N–H and O–H groups in total. The van der Waals surface area contributed by atoms with Crippen molar-refractivity contribution in [3.8, 4) is 22.3 Å². The van der Waals surface area contributed by atoms with Gasteiger partial charge in [-0.2, -0.15) is 0 Å². The van der Waals surface area contributed by atoms with E-state index in [9.17, 15) is 17.0 Å². The van der Waals surface area contributed by atoms with Gasteiger partial charge in [0.25, 0.3) is 0 Å². The summed E-state index contributed by atoms with van der Waals surface area (Å²) in [6.07, 6.45) is 40.4. The molecule has 4 aromatic rings. The van der Waals surface area contributed by atoms with E-state index in [1.807, 2.05) is 0 Å². The van der Waals surface area contributed by atoms with E-state index in [2.05, 4.69) is 111 Å². The fourth-order valence-corrected chi connectivity index (χ4v) is 62.3. The minimum absolute atomic E-state index is 0.154. The molecule has 12 aliphatic rings.